The molecule has 1 saturated carbocycles. The first-order chi connectivity index (χ1) is 13.9. The fourth-order valence-corrected chi connectivity index (χ4v) is 3.50. The topological polar surface area (TPSA) is 107 Å². The van der Waals surface area contributed by atoms with Crippen molar-refractivity contribution in [3.05, 3.63) is 54.4 Å². The normalized spacial score (nSPS) is 25.7. The van der Waals surface area contributed by atoms with E-state index in [1.165, 1.54) is 18.2 Å². The summed E-state index contributed by atoms with van der Waals surface area (Å²) in [4.78, 5) is 10.5. The standard InChI is InChI=1S/C22H29FO6/c23-18-8-5-6-9-21(18)29-14-15(24)11-12-17-16(19(25)13-20(17)26)7-3-1-2-4-10-22(27)28/h1,3,5-6,8-9,11-12,15-17,19-20,24-26H,2,4,7,10,13-14H2,(H,27,28)/b3-1-,12-11+/t15-,16?,17-,19+,20-/m1/s1. The van der Waals surface area contributed by atoms with Crippen molar-refractivity contribution in [2.45, 2.75) is 50.4 Å². The van der Waals surface area contributed by atoms with E-state index >= 15 is 0 Å². The van der Waals surface area contributed by atoms with Gasteiger partial charge in [0.15, 0.2) is 11.6 Å². The van der Waals surface area contributed by atoms with Crippen molar-refractivity contribution in [2.24, 2.45) is 11.8 Å². The molecule has 6 nitrogen and oxygen atoms in total. The van der Waals surface area contributed by atoms with Crippen LogP contribution in [0.1, 0.15) is 32.1 Å². The highest BCUT2D eigenvalue weighted by Crippen LogP contribution is 2.36. The number of rotatable bonds is 11. The minimum Gasteiger partial charge on any atom is -0.487 e. The third-order valence-electron chi connectivity index (χ3n) is 5.05. The zero-order valence-electron chi connectivity index (χ0n) is 16.2. The van der Waals surface area contributed by atoms with Gasteiger partial charge >= 0.3 is 5.97 Å². The van der Waals surface area contributed by atoms with E-state index in [9.17, 15) is 24.5 Å². The van der Waals surface area contributed by atoms with E-state index in [1.54, 1.807) is 18.2 Å². The van der Waals surface area contributed by atoms with E-state index in [2.05, 4.69) is 0 Å². The van der Waals surface area contributed by atoms with E-state index in [1.807, 2.05) is 12.2 Å². The van der Waals surface area contributed by atoms with Crippen LogP contribution in [-0.2, 0) is 4.79 Å². The van der Waals surface area contributed by atoms with Crippen LogP contribution >= 0.6 is 0 Å². The average Bonchev–Trinajstić information content (AvgIpc) is 2.94. The fourth-order valence-electron chi connectivity index (χ4n) is 3.50. The molecular formula is C22H29FO6. The largest absolute Gasteiger partial charge is 0.487 e. The van der Waals surface area contributed by atoms with Crippen molar-refractivity contribution >= 4 is 5.97 Å². The number of aliphatic carboxylic acids is 1. The number of para-hydroxylation sites is 1. The highest BCUT2D eigenvalue weighted by molar-refractivity contribution is 5.66. The lowest BCUT2D eigenvalue weighted by Crippen LogP contribution is -2.21. The zero-order chi connectivity index (χ0) is 21.2. The molecule has 4 N–H and O–H groups in total. The number of benzene rings is 1. The van der Waals surface area contributed by atoms with E-state index in [4.69, 9.17) is 9.84 Å². The summed E-state index contributed by atoms with van der Waals surface area (Å²) in [5.41, 5.74) is 0. The number of aliphatic hydroxyl groups excluding tert-OH is 3. The van der Waals surface area contributed by atoms with E-state index < -0.39 is 30.1 Å². The Morgan fingerprint density at radius 1 is 1.24 bits per heavy atom. The maximum Gasteiger partial charge on any atom is 0.303 e. The third-order valence-corrected chi connectivity index (χ3v) is 5.05. The van der Waals surface area contributed by atoms with Gasteiger partial charge < -0.3 is 25.2 Å². The number of aliphatic hydroxyl groups is 3. The lowest BCUT2D eigenvalue weighted by Gasteiger charge is -2.19. The van der Waals surface area contributed by atoms with Crippen LogP contribution in [0.15, 0.2) is 48.6 Å². The Balaban J connectivity index is 1.84. The van der Waals surface area contributed by atoms with Gasteiger partial charge in [-0.25, -0.2) is 4.39 Å². The van der Waals surface area contributed by atoms with Crippen molar-refractivity contribution in [1.82, 2.24) is 0 Å². The molecule has 1 aliphatic carbocycles. The summed E-state index contributed by atoms with van der Waals surface area (Å²) in [5, 5.41) is 39.1. The molecule has 1 fully saturated rings. The molecule has 0 aliphatic heterocycles. The van der Waals surface area contributed by atoms with Gasteiger partial charge in [-0.15, -0.1) is 0 Å². The van der Waals surface area contributed by atoms with Crippen molar-refractivity contribution in [2.75, 3.05) is 6.61 Å². The Kier molecular flexibility index (Phi) is 9.31. The minimum absolute atomic E-state index is 0.0576. The molecular weight excluding hydrogens is 379 g/mol. The number of allylic oxidation sites excluding steroid dienone is 2. The molecule has 0 bridgehead atoms. The molecule has 1 aromatic carbocycles. The molecule has 0 radical (unpaired) electrons. The number of halogens is 1. The Labute approximate surface area is 170 Å². The fraction of sp³-hybridized carbons (Fsp3) is 0.500. The maximum atomic E-state index is 13.5. The summed E-state index contributed by atoms with van der Waals surface area (Å²) >= 11 is 0. The molecule has 7 heteroatoms. The van der Waals surface area contributed by atoms with E-state index in [-0.39, 0.29) is 37.0 Å². The molecule has 0 amide bonds. The van der Waals surface area contributed by atoms with Crippen LogP contribution in [0.5, 0.6) is 5.75 Å². The molecule has 2 rings (SSSR count). The quantitative estimate of drug-likeness (QED) is 0.331. The van der Waals surface area contributed by atoms with Crippen molar-refractivity contribution in [1.29, 1.82) is 0 Å². The number of hydrogen-bond donors (Lipinski definition) is 4. The van der Waals surface area contributed by atoms with Gasteiger partial charge in [0.05, 0.1) is 12.2 Å². The first-order valence-corrected chi connectivity index (χ1v) is 9.85. The predicted molar refractivity (Wildman–Crippen MR) is 106 cm³/mol. The zero-order valence-corrected chi connectivity index (χ0v) is 16.2. The number of unbranched alkanes of at least 4 members (excludes halogenated alkanes) is 1. The van der Waals surface area contributed by atoms with Crippen LogP contribution in [0.3, 0.4) is 0 Å². The van der Waals surface area contributed by atoms with Gasteiger partial charge in [0.25, 0.3) is 0 Å². The molecule has 1 aliphatic rings. The summed E-state index contributed by atoms with van der Waals surface area (Å²) < 4.78 is 18.8. The van der Waals surface area contributed by atoms with Crippen molar-refractivity contribution in [3.8, 4) is 5.75 Å². The van der Waals surface area contributed by atoms with Gasteiger partial charge in [-0.05, 0) is 37.3 Å². The minimum atomic E-state index is -0.980. The Morgan fingerprint density at radius 2 is 2.00 bits per heavy atom. The van der Waals surface area contributed by atoms with Crippen LogP contribution in [-0.4, -0.2) is 51.3 Å². The second kappa shape index (κ2) is 11.7. The second-order valence-electron chi connectivity index (χ2n) is 7.30. The Bertz CT molecular complexity index is 704. The van der Waals surface area contributed by atoms with Crippen molar-refractivity contribution in [3.63, 3.8) is 0 Å². The summed E-state index contributed by atoms with van der Waals surface area (Å²) in [6.45, 7) is -0.128. The van der Waals surface area contributed by atoms with Gasteiger partial charge in [-0.1, -0.05) is 36.4 Å². The summed E-state index contributed by atoms with van der Waals surface area (Å²) in [6, 6.07) is 5.93. The molecule has 0 heterocycles. The highest BCUT2D eigenvalue weighted by atomic mass is 19.1. The molecule has 1 unspecified atom stereocenters. The van der Waals surface area contributed by atoms with E-state index in [0.717, 1.165) is 0 Å². The summed E-state index contributed by atoms with van der Waals surface area (Å²) in [6.07, 6.45) is 6.72. The van der Waals surface area contributed by atoms with Gasteiger partial charge in [0, 0.05) is 18.8 Å². The van der Waals surface area contributed by atoms with Gasteiger partial charge in [0.1, 0.15) is 12.7 Å². The third kappa shape index (κ3) is 7.61. The van der Waals surface area contributed by atoms with Gasteiger partial charge in [-0.2, -0.15) is 0 Å². The number of ether oxygens (including phenoxy) is 1. The first-order valence-electron chi connectivity index (χ1n) is 9.85. The molecule has 160 valence electrons. The molecule has 5 atom stereocenters. The number of carboxylic acids is 1. The van der Waals surface area contributed by atoms with Crippen LogP contribution in [0, 0.1) is 17.7 Å². The Hall–Kier alpha value is -2.22. The maximum absolute atomic E-state index is 13.5. The van der Waals surface area contributed by atoms with Gasteiger partial charge in [0.2, 0.25) is 0 Å². The summed E-state index contributed by atoms with van der Waals surface area (Å²) in [5.74, 6) is -1.79. The smallest absolute Gasteiger partial charge is 0.303 e. The lowest BCUT2D eigenvalue weighted by molar-refractivity contribution is -0.137. The number of carboxylic acid groups (broad SMARTS) is 1. The van der Waals surface area contributed by atoms with Crippen LogP contribution in [0.25, 0.3) is 0 Å². The SMILES string of the molecule is O=C(O)CCC/C=C\CC1[C@@H](/C=C/[C@@H](O)COc2ccccc2F)[C@H](O)C[C@@H]1O. The lowest BCUT2D eigenvalue weighted by atomic mass is 9.89. The van der Waals surface area contributed by atoms with E-state index in [0.29, 0.717) is 19.3 Å². The highest BCUT2D eigenvalue weighted by Gasteiger charge is 2.39. The monoisotopic (exact) mass is 408 g/mol. The van der Waals surface area contributed by atoms with Crippen LogP contribution in [0.2, 0.25) is 0 Å². The number of carbonyl (C=O) groups is 1. The second-order valence-corrected chi connectivity index (χ2v) is 7.30. The molecule has 29 heavy (non-hydrogen) atoms. The Morgan fingerprint density at radius 3 is 2.72 bits per heavy atom. The number of hydrogen-bond acceptors (Lipinski definition) is 5. The molecule has 0 saturated heterocycles. The van der Waals surface area contributed by atoms with Crippen LogP contribution in [0.4, 0.5) is 4.39 Å². The average molecular weight is 408 g/mol. The van der Waals surface area contributed by atoms with Crippen molar-refractivity contribution < 1.29 is 34.3 Å². The molecule has 0 spiro atoms. The summed E-state index contributed by atoms with van der Waals surface area (Å²) in [7, 11) is 0. The first kappa shape index (κ1) is 23.1. The molecule has 1 aromatic rings. The van der Waals surface area contributed by atoms with Crippen LogP contribution < -0.4 is 4.74 Å². The predicted octanol–water partition coefficient (Wildman–Crippen LogP) is 2.68. The van der Waals surface area contributed by atoms with Gasteiger partial charge in [-0.3, -0.25) is 4.79 Å². The molecule has 0 aromatic heterocycles.